The molecule has 0 aliphatic rings. The number of nitrogens with zero attached hydrogens (tertiary/aromatic N) is 1. The van der Waals surface area contributed by atoms with Crippen LogP contribution in [0.5, 0.6) is 0 Å². The summed E-state index contributed by atoms with van der Waals surface area (Å²) in [6, 6.07) is 11.0. The molecular formula is C16H15ClN2O. The number of hydrogen-bond acceptors (Lipinski definition) is 2. The first-order chi connectivity index (χ1) is 9.65. The molecule has 3 nitrogen and oxygen atoms in total. The minimum absolute atomic E-state index is 0.0606. The molecule has 1 aromatic carbocycles. The second kappa shape index (κ2) is 6.87. The molecule has 1 heterocycles. The van der Waals surface area contributed by atoms with Gasteiger partial charge in [-0.1, -0.05) is 23.7 Å². The van der Waals surface area contributed by atoms with Crippen LogP contribution < -0.4 is 5.32 Å². The molecule has 20 heavy (non-hydrogen) atoms. The average Bonchev–Trinajstić information content (AvgIpc) is 2.46. The number of hydrogen-bond donors (Lipinski definition) is 1. The molecule has 2 rings (SSSR count). The van der Waals surface area contributed by atoms with Crippen molar-refractivity contribution < 1.29 is 4.79 Å². The molecule has 0 bridgehead atoms. The van der Waals surface area contributed by atoms with Crippen molar-refractivity contribution in [2.45, 2.75) is 13.0 Å². The first-order valence-corrected chi connectivity index (χ1v) is 6.67. The van der Waals surface area contributed by atoms with Crippen molar-refractivity contribution in [3.05, 3.63) is 71.0 Å². The Morgan fingerprint density at radius 3 is 2.75 bits per heavy atom. The van der Waals surface area contributed by atoms with E-state index in [1.54, 1.807) is 30.6 Å². The Labute approximate surface area is 123 Å². The molecule has 1 N–H and O–H groups in total. The summed E-state index contributed by atoms with van der Waals surface area (Å²) in [7, 11) is 0. The molecule has 1 amide bonds. The summed E-state index contributed by atoms with van der Waals surface area (Å²) >= 11 is 5.88. The normalized spacial score (nSPS) is 12.3. The van der Waals surface area contributed by atoms with Crippen LogP contribution in [0.4, 0.5) is 0 Å². The van der Waals surface area contributed by atoms with Gasteiger partial charge in [-0.15, -0.1) is 0 Å². The highest BCUT2D eigenvalue weighted by Gasteiger charge is 2.06. The first-order valence-electron chi connectivity index (χ1n) is 6.29. The zero-order chi connectivity index (χ0) is 14.4. The highest BCUT2D eigenvalue weighted by atomic mass is 35.5. The number of pyridine rings is 1. The van der Waals surface area contributed by atoms with Crippen molar-refractivity contribution in [1.29, 1.82) is 0 Å². The maximum absolute atomic E-state index is 11.8. The van der Waals surface area contributed by atoms with E-state index < -0.39 is 0 Å². The number of benzene rings is 1. The lowest BCUT2D eigenvalue weighted by Gasteiger charge is -2.12. The van der Waals surface area contributed by atoms with Crippen LogP contribution >= 0.6 is 11.6 Å². The molecule has 102 valence electrons. The van der Waals surface area contributed by atoms with Gasteiger partial charge in [0, 0.05) is 23.5 Å². The monoisotopic (exact) mass is 286 g/mol. The van der Waals surface area contributed by atoms with E-state index in [9.17, 15) is 4.79 Å². The number of rotatable bonds is 4. The van der Waals surface area contributed by atoms with E-state index in [2.05, 4.69) is 10.3 Å². The van der Waals surface area contributed by atoms with E-state index in [0.29, 0.717) is 5.02 Å². The van der Waals surface area contributed by atoms with E-state index in [1.807, 2.05) is 31.2 Å². The Balaban J connectivity index is 1.96. The van der Waals surface area contributed by atoms with Gasteiger partial charge in [-0.3, -0.25) is 9.78 Å². The molecule has 0 radical (unpaired) electrons. The van der Waals surface area contributed by atoms with E-state index in [-0.39, 0.29) is 11.9 Å². The van der Waals surface area contributed by atoms with Crippen LogP contribution in [0.15, 0.2) is 54.9 Å². The largest absolute Gasteiger partial charge is 0.346 e. The van der Waals surface area contributed by atoms with Gasteiger partial charge in [0.25, 0.3) is 0 Å². The Morgan fingerprint density at radius 2 is 2.05 bits per heavy atom. The van der Waals surface area contributed by atoms with E-state index in [0.717, 1.165) is 11.1 Å². The van der Waals surface area contributed by atoms with Gasteiger partial charge < -0.3 is 5.32 Å². The highest BCUT2D eigenvalue weighted by Crippen LogP contribution is 2.12. The zero-order valence-electron chi connectivity index (χ0n) is 11.1. The third-order valence-corrected chi connectivity index (χ3v) is 3.08. The molecule has 2 aromatic rings. The lowest BCUT2D eigenvalue weighted by atomic mass is 10.1. The number of carbonyl (C=O) groups is 1. The Hall–Kier alpha value is -2.13. The zero-order valence-corrected chi connectivity index (χ0v) is 11.8. The van der Waals surface area contributed by atoms with Crippen molar-refractivity contribution >= 4 is 23.6 Å². The summed E-state index contributed by atoms with van der Waals surface area (Å²) in [6.45, 7) is 1.93. The maximum Gasteiger partial charge on any atom is 0.244 e. The molecule has 1 unspecified atom stereocenters. The van der Waals surface area contributed by atoms with E-state index >= 15 is 0 Å². The van der Waals surface area contributed by atoms with Gasteiger partial charge >= 0.3 is 0 Å². The van der Waals surface area contributed by atoms with Crippen LogP contribution in [-0.4, -0.2) is 10.9 Å². The van der Waals surface area contributed by atoms with Crippen LogP contribution in [0.25, 0.3) is 6.08 Å². The van der Waals surface area contributed by atoms with Gasteiger partial charge in [0.2, 0.25) is 5.91 Å². The van der Waals surface area contributed by atoms with Gasteiger partial charge in [0.05, 0.1) is 6.04 Å². The summed E-state index contributed by atoms with van der Waals surface area (Å²) in [4.78, 5) is 15.8. The number of halogens is 1. The van der Waals surface area contributed by atoms with Gasteiger partial charge in [0.15, 0.2) is 0 Å². The van der Waals surface area contributed by atoms with Crippen molar-refractivity contribution in [3.8, 4) is 0 Å². The predicted octanol–water partition coefficient (Wildman–Crippen LogP) is 3.63. The summed E-state index contributed by atoms with van der Waals surface area (Å²) in [5.74, 6) is -0.144. The van der Waals surface area contributed by atoms with Crippen LogP contribution in [0.3, 0.4) is 0 Å². The Morgan fingerprint density at radius 1 is 1.30 bits per heavy atom. The van der Waals surface area contributed by atoms with E-state index in [4.69, 9.17) is 11.6 Å². The van der Waals surface area contributed by atoms with Crippen LogP contribution in [0.1, 0.15) is 24.1 Å². The lowest BCUT2D eigenvalue weighted by molar-refractivity contribution is -0.117. The van der Waals surface area contributed by atoms with Crippen molar-refractivity contribution in [3.63, 3.8) is 0 Å². The van der Waals surface area contributed by atoms with Crippen molar-refractivity contribution in [2.75, 3.05) is 0 Å². The molecule has 0 saturated carbocycles. The van der Waals surface area contributed by atoms with Gasteiger partial charge in [-0.2, -0.15) is 0 Å². The molecule has 0 aliphatic heterocycles. The summed E-state index contributed by atoms with van der Waals surface area (Å²) in [5.41, 5.74) is 1.91. The summed E-state index contributed by atoms with van der Waals surface area (Å²) < 4.78 is 0. The average molecular weight is 287 g/mol. The minimum Gasteiger partial charge on any atom is -0.346 e. The summed E-state index contributed by atoms with van der Waals surface area (Å²) in [5, 5.41) is 3.55. The quantitative estimate of drug-likeness (QED) is 0.872. The number of nitrogens with one attached hydrogen (secondary N) is 1. The van der Waals surface area contributed by atoms with Gasteiger partial charge in [0.1, 0.15) is 0 Å². The summed E-state index contributed by atoms with van der Waals surface area (Å²) in [6.07, 6.45) is 6.66. The standard InChI is InChI=1S/C16H15ClN2O/c1-12(14-7-9-18-10-8-14)19-16(20)6-5-13-3-2-4-15(17)11-13/h2-12H,1H3,(H,19,20). The first kappa shape index (κ1) is 14.3. The number of amides is 1. The minimum atomic E-state index is -0.144. The fraction of sp³-hybridized carbons (Fsp3) is 0.125. The Kier molecular flexibility index (Phi) is 4.91. The molecular weight excluding hydrogens is 272 g/mol. The smallest absolute Gasteiger partial charge is 0.244 e. The third kappa shape index (κ3) is 4.21. The number of carbonyl (C=O) groups excluding carboxylic acids is 1. The Bertz CT molecular complexity index is 611. The SMILES string of the molecule is CC(NC(=O)C=Cc1cccc(Cl)c1)c1ccncc1. The van der Waals surface area contributed by atoms with Gasteiger partial charge in [-0.25, -0.2) is 0 Å². The molecule has 0 spiro atoms. The number of aromatic nitrogens is 1. The van der Waals surface area contributed by atoms with Crippen LogP contribution in [-0.2, 0) is 4.79 Å². The highest BCUT2D eigenvalue weighted by molar-refractivity contribution is 6.30. The molecule has 0 fully saturated rings. The van der Waals surface area contributed by atoms with Crippen LogP contribution in [0, 0.1) is 0 Å². The third-order valence-electron chi connectivity index (χ3n) is 2.84. The topological polar surface area (TPSA) is 42.0 Å². The second-order valence-corrected chi connectivity index (χ2v) is 4.84. The van der Waals surface area contributed by atoms with Crippen LogP contribution in [0.2, 0.25) is 5.02 Å². The van der Waals surface area contributed by atoms with E-state index in [1.165, 1.54) is 6.08 Å². The molecule has 4 heteroatoms. The fourth-order valence-electron chi connectivity index (χ4n) is 1.78. The maximum atomic E-state index is 11.8. The second-order valence-electron chi connectivity index (χ2n) is 4.40. The molecule has 0 aliphatic carbocycles. The van der Waals surface area contributed by atoms with Gasteiger partial charge in [-0.05, 0) is 48.4 Å². The molecule has 0 saturated heterocycles. The lowest BCUT2D eigenvalue weighted by Crippen LogP contribution is -2.24. The predicted molar refractivity (Wildman–Crippen MR) is 81.3 cm³/mol. The molecule has 1 aromatic heterocycles. The van der Waals surface area contributed by atoms with Crippen molar-refractivity contribution in [1.82, 2.24) is 10.3 Å². The van der Waals surface area contributed by atoms with Crippen molar-refractivity contribution in [2.24, 2.45) is 0 Å². The molecule has 1 atom stereocenters. The fourth-order valence-corrected chi connectivity index (χ4v) is 1.98.